The molecule has 2 heterocycles. The molecule has 1 aliphatic heterocycles. The van der Waals surface area contributed by atoms with E-state index < -0.39 is 42.9 Å². The highest BCUT2D eigenvalue weighted by Gasteiger charge is 2.44. The molecular weight excluding hydrogens is 284 g/mol. The second kappa shape index (κ2) is 6.12. The summed E-state index contributed by atoms with van der Waals surface area (Å²) >= 11 is 0. The van der Waals surface area contributed by atoms with Crippen LogP contribution in [0.15, 0.2) is 15.3 Å². The van der Waals surface area contributed by atoms with E-state index in [1.54, 1.807) is 6.92 Å². The molecule has 4 N–H and O–H groups in total. The Hall–Kier alpha value is -1.45. The molecule has 0 radical (unpaired) electrons. The van der Waals surface area contributed by atoms with Gasteiger partial charge in [0.05, 0.1) is 12.2 Å². The van der Waals surface area contributed by atoms with Crippen LogP contribution in [-0.4, -0.2) is 57.7 Å². The van der Waals surface area contributed by atoms with Crippen molar-refractivity contribution in [3.8, 4) is 5.75 Å². The second-order valence-corrected chi connectivity index (χ2v) is 4.95. The van der Waals surface area contributed by atoms with Gasteiger partial charge in [0.1, 0.15) is 35.9 Å². The minimum atomic E-state index is -1.54. The van der Waals surface area contributed by atoms with E-state index in [2.05, 4.69) is 0 Å². The molecule has 8 nitrogen and oxygen atoms in total. The minimum Gasteiger partial charge on any atom is -0.461 e. The van der Waals surface area contributed by atoms with E-state index in [1.165, 1.54) is 13.0 Å². The normalized spacial score (nSPS) is 33.0. The summed E-state index contributed by atoms with van der Waals surface area (Å²) in [6.07, 6.45) is -6.94. The van der Waals surface area contributed by atoms with Crippen molar-refractivity contribution in [1.29, 1.82) is 0 Å². The molecule has 8 heteroatoms. The minimum absolute atomic E-state index is 0.132. The van der Waals surface area contributed by atoms with E-state index in [4.69, 9.17) is 19.0 Å². The van der Waals surface area contributed by atoms with Gasteiger partial charge in [-0.05, 0) is 13.8 Å². The Bertz CT molecular complexity index is 552. The highest BCUT2D eigenvalue weighted by molar-refractivity contribution is 5.30. The topological polar surface area (TPSA) is 130 Å². The number of ether oxygens (including phenoxy) is 2. The fourth-order valence-electron chi connectivity index (χ4n) is 2.06. The van der Waals surface area contributed by atoms with Crippen LogP contribution in [0.5, 0.6) is 5.75 Å². The quantitative estimate of drug-likeness (QED) is 0.527. The standard InChI is InChI=1S/C13H18O8/c1-5-3-7(6(2)12(18)19-5)20-13-11(17)10(16)9(15)8(4-14)21-13/h3,8-11,13-17H,4H2,1-2H3/t8-,9-,10+,11-,13-/m1/s1. The first-order chi connectivity index (χ1) is 9.85. The van der Waals surface area contributed by atoms with E-state index in [9.17, 15) is 20.1 Å². The number of hydrogen-bond donors (Lipinski definition) is 4. The molecule has 21 heavy (non-hydrogen) atoms. The van der Waals surface area contributed by atoms with E-state index in [0.717, 1.165) is 0 Å². The van der Waals surface area contributed by atoms with Gasteiger partial charge in [-0.3, -0.25) is 0 Å². The molecule has 1 fully saturated rings. The third kappa shape index (κ3) is 3.09. The Kier molecular flexibility index (Phi) is 4.64. The van der Waals surface area contributed by atoms with E-state index >= 15 is 0 Å². The third-order valence-electron chi connectivity index (χ3n) is 3.36. The summed E-state index contributed by atoms with van der Waals surface area (Å²) in [4.78, 5) is 11.5. The van der Waals surface area contributed by atoms with Gasteiger partial charge in [-0.1, -0.05) is 0 Å². The van der Waals surface area contributed by atoms with Crippen LogP contribution in [0.25, 0.3) is 0 Å². The van der Waals surface area contributed by atoms with Crippen LogP contribution in [0.3, 0.4) is 0 Å². The molecule has 1 aliphatic rings. The van der Waals surface area contributed by atoms with E-state index in [0.29, 0.717) is 5.76 Å². The molecule has 1 aromatic heterocycles. The van der Waals surface area contributed by atoms with Crippen LogP contribution in [0.2, 0.25) is 0 Å². The Balaban J connectivity index is 2.24. The van der Waals surface area contributed by atoms with Crippen molar-refractivity contribution in [2.45, 2.75) is 44.6 Å². The summed E-state index contributed by atoms with van der Waals surface area (Å²) in [6, 6.07) is 1.44. The second-order valence-electron chi connectivity index (χ2n) is 4.95. The van der Waals surface area contributed by atoms with Gasteiger partial charge in [-0.25, -0.2) is 4.79 Å². The highest BCUT2D eigenvalue weighted by atomic mass is 16.7. The van der Waals surface area contributed by atoms with Crippen molar-refractivity contribution in [3.63, 3.8) is 0 Å². The first kappa shape index (κ1) is 15.9. The zero-order chi connectivity index (χ0) is 15.7. The Morgan fingerprint density at radius 2 is 1.86 bits per heavy atom. The molecule has 0 aliphatic carbocycles. The molecule has 0 spiro atoms. The smallest absolute Gasteiger partial charge is 0.342 e. The molecule has 1 aromatic rings. The molecular formula is C13H18O8. The van der Waals surface area contributed by atoms with Crippen LogP contribution in [0, 0.1) is 13.8 Å². The molecule has 0 bridgehead atoms. The van der Waals surface area contributed by atoms with Gasteiger partial charge in [0.15, 0.2) is 0 Å². The van der Waals surface area contributed by atoms with Gasteiger partial charge in [0, 0.05) is 6.07 Å². The van der Waals surface area contributed by atoms with E-state index in [-0.39, 0.29) is 11.3 Å². The lowest BCUT2D eigenvalue weighted by Crippen LogP contribution is -2.60. The zero-order valence-corrected chi connectivity index (χ0v) is 11.6. The van der Waals surface area contributed by atoms with Crippen molar-refractivity contribution >= 4 is 0 Å². The van der Waals surface area contributed by atoms with Crippen molar-refractivity contribution < 1.29 is 34.3 Å². The third-order valence-corrected chi connectivity index (χ3v) is 3.36. The van der Waals surface area contributed by atoms with Crippen molar-refractivity contribution in [2.75, 3.05) is 6.61 Å². The van der Waals surface area contributed by atoms with Gasteiger partial charge in [0.25, 0.3) is 0 Å². The monoisotopic (exact) mass is 302 g/mol. The summed E-state index contributed by atoms with van der Waals surface area (Å²) in [5, 5.41) is 38.3. The maximum absolute atomic E-state index is 11.5. The van der Waals surface area contributed by atoms with Gasteiger partial charge in [-0.2, -0.15) is 0 Å². The number of aliphatic hydroxyl groups excluding tert-OH is 4. The zero-order valence-electron chi connectivity index (χ0n) is 11.6. The van der Waals surface area contributed by atoms with Crippen LogP contribution in [-0.2, 0) is 4.74 Å². The average Bonchev–Trinajstić information content (AvgIpc) is 2.44. The molecule has 0 amide bonds. The van der Waals surface area contributed by atoms with Crippen LogP contribution >= 0.6 is 0 Å². The summed E-state index contributed by atoms with van der Waals surface area (Å²) in [5.74, 6) is 0.443. The number of hydrogen-bond acceptors (Lipinski definition) is 8. The average molecular weight is 302 g/mol. The van der Waals surface area contributed by atoms with Crippen LogP contribution < -0.4 is 10.4 Å². The van der Waals surface area contributed by atoms with Gasteiger partial charge in [-0.15, -0.1) is 0 Å². The van der Waals surface area contributed by atoms with Crippen molar-refractivity contribution in [3.05, 3.63) is 27.8 Å². The fraction of sp³-hybridized carbons (Fsp3) is 0.615. The number of aryl methyl sites for hydroxylation is 1. The SMILES string of the molecule is Cc1cc(O[C@@H]2O[C@H](CO)[C@@H](O)[C@H](O)[C@H]2O)c(C)c(=O)o1. The van der Waals surface area contributed by atoms with Crippen LogP contribution in [0.1, 0.15) is 11.3 Å². The van der Waals surface area contributed by atoms with Crippen molar-refractivity contribution in [1.82, 2.24) is 0 Å². The Morgan fingerprint density at radius 3 is 2.48 bits per heavy atom. The van der Waals surface area contributed by atoms with Gasteiger partial charge in [0.2, 0.25) is 6.29 Å². The first-order valence-corrected chi connectivity index (χ1v) is 6.43. The lowest BCUT2D eigenvalue weighted by molar-refractivity contribution is -0.277. The van der Waals surface area contributed by atoms with Crippen molar-refractivity contribution in [2.24, 2.45) is 0 Å². The molecule has 0 unspecified atom stereocenters. The fourth-order valence-corrected chi connectivity index (χ4v) is 2.06. The summed E-state index contributed by atoms with van der Waals surface area (Å²) in [5.41, 5.74) is -0.410. The van der Waals surface area contributed by atoms with Crippen LogP contribution in [0.4, 0.5) is 0 Å². The molecule has 1 saturated heterocycles. The molecule has 118 valence electrons. The summed E-state index contributed by atoms with van der Waals surface area (Å²) in [6.45, 7) is 2.48. The Labute approximate surface area is 120 Å². The summed E-state index contributed by atoms with van der Waals surface area (Å²) in [7, 11) is 0. The van der Waals surface area contributed by atoms with E-state index in [1.807, 2.05) is 0 Å². The summed E-state index contributed by atoms with van der Waals surface area (Å²) < 4.78 is 15.5. The Morgan fingerprint density at radius 1 is 1.19 bits per heavy atom. The maximum Gasteiger partial charge on any atom is 0.342 e. The lowest BCUT2D eigenvalue weighted by atomic mass is 9.99. The first-order valence-electron chi connectivity index (χ1n) is 6.43. The largest absolute Gasteiger partial charge is 0.461 e. The molecule has 2 rings (SSSR count). The van der Waals surface area contributed by atoms with Gasteiger partial charge < -0.3 is 34.3 Å². The predicted octanol–water partition coefficient (Wildman–Crippen LogP) is -1.56. The maximum atomic E-state index is 11.5. The molecule has 5 atom stereocenters. The molecule has 0 saturated carbocycles. The number of aliphatic hydroxyl groups is 4. The lowest BCUT2D eigenvalue weighted by Gasteiger charge is -2.39. The molecule has 0 aromatic carbocycles. The number of rotatable bonds is 3. The van der Waals surface area contributed by atoms with Gasteiger partial charge >= 0.3 is 5.63 Å². The predicted molar refractivity (Wildman–Crippen MR) is 68.8 cm³/mol. The highest BCUT2D eigenvalue weighted by Crippen LogP contribution is 2.25.